The molecule has 0 aliphatic rings. The quantitative estimate of drug-likeness (QED) is 0.580. The SMILES string of the molecule is [Li][CH2]C[C@H](C[SiH](C)C)C(C)(C)C. The van der Waals surface area contributed by atoms with Crippen molar-refractivity contribution < 1.29 is 0 Å². The fourth-order valence-corrected chi connectivity index (χ4v) is 3.90. The Morgan fingerprint density at radius 2 is 1.75 bits per heavy atom. The Labute approximate surface area is 89.3 Å². The zero-order valence-electron chi connectivity index (χ0n) is 9.78. The molecule has 0 saturated carbocycles. The van der Waals surface area contributed by atoms with Crippen molar-refractivity contribution in [1.82, 2.24) is 0 Å². The molecule has 0 heterocycles. The van der Waals surface area contributed by atoms with Gasteiger partial charge in [-0.1, -0.05) is 0 Å². The van der Waals surface area contributed by atoms with E-state index in [1.54, 1.807) is 0 Å². The van der Waals surface area contributed by atoms with Gasteiger partial charge in [0.2, 0.25) is 0 Å². The number of hydrogen-bond acceptors (Lipinski definition) is 0. The molecule has 0 amide bonds. The van der Waals surface area contributed by atoms with E-state index in [2.05, 4.69) is 51.6 Å². The van der Waals surface area contributed by atoms with Crippen LogP contribution in [0.5, 0.6) is 0 Å². The van der Waals surface area contributed by atoms with Crippen LogP contribution < -0.4 is 0 Å². The van der Waals surface area contributed by atoms with Crippen LogP contribution in [0.1, 0.15) is 27.2 Å². The molecule has 0 nitrogen and oxygen atoms in total. The third kappa shape index (κ3) is 5.46. The van der Waals surface area contributed by atoms with Gasteiger partial charge in [-0.25, -0.2) is 0 Å². The molecular weight excluding hydrogens is 155 g/mol. The third-order valence-electron chi connectivity index (χ3n) is 2.62. The molecule has 0 radical (unpaired) electrons. The second kappa shape index (κ2) is 5.52. The van der Waals surface area contributed by atoms with E-state index in [0.717, 1.165) is 5.92 Å². The summed E-state index contributed by atoms with van der Waals surface area (Å²) in [6.07, 6.45) is 1.43. The van der Waals surface area contributed by atoms with Gasteiger partial charge in [0.25, 0.3) is 0 Å². The van der Waals surface area contributed by atoms with E-state index in [1.807, 2.05) is 0 Å². The fourth-order valence-electron chi connectivity index (χ4n) is 1.82. The van der Waals surface area contributed by atoms with Gasteiger partial charge < -0.3 is 0 Å². The van der Waals surface area contributed by atoms with Gasteiger partial charge in [0.15, 0.2) is 0 Å². The second-order valence-electron chi connectivity index (χ2n) is 5.48. The van der Waals surface area contributed by atoms with Crippen molar-refractivity contribution in [2.24, 2.45) is 11.3 Å². The maximum absolute atomic E-state index is 2.47. The van der Waals surface area contributed by atoms with Crippen LogP contribution >= 0.6 is 0 Å². The third-order valence-corrected chi connectivity index (χ3v) is 4.13. The monoisotopic (exact) mass is 178 g/mol. The number of hydrogen-bond donors (Lipinski definition) is 0. The summed E-state index contributed by atoms with van der Waals surface area (Å²) in [5, 5.41) is 1.35. The molecule has 1 atom stereocenters. The van der Waals surface area contributed by atoms with Crippen molar-refractivity contribution in [3.63, 3.8) is 0 Å². The topological polar surface area (TPSA) is 0 Å². The van der Waals surface area contributed by atoms with E-state index in [1.165, 1.54) is 17.6 Å². The Hall–Kier alpha value is 0.814. The van der Waals surface area contributed by atoms with Crippen LogP contribution in [0.25, 0.3) is 0 Å². The molecule has 0 spiro atoms. The van der Waals surface area contributed by atoms with Crippen molar-refractivity contribution in [2.45, 2.75) is 51.4 Å². The Morgan fingerprint density at radius 3 is 2.00 bits per heavy atom. The summed E-state index contributed by atoms with van der Waals surface area (Å²) in [4.78, 5) is 0. The van der Waals surface area contributed by atoms with Gasteiger partial charge in [-0.3, -0.25) is 0 Å². The number of rotatable bonds is 4. The average Bonchev–Trinajstić information content (AvgIpc) is 1.83. The average molecular weight is 178 g/mol. The first-order chi connectivity index (χ1) is 5.38. The first-order valence-electron chi connectivity index (χ1n) is 5.38. The van der Waals surface area contributed by atoms with Crippen molar-refractivity contribution in [1.29, 1.82) is 0 Å². The van der Waals surface area contributed by atoms with E-state index in [4.69, 9.17) is 0 Å². The fraction of sp³-hybridized carbons (Fsp3) is 1.00. The molecule has 0 saturated heterocycles. The van der Waals surface area contributed by atoms with Crippen molar-refractivity contribution in [2.75, 3.05) is 0 Å². The summed E-state index contributed by atoms with van der Waals surface area (Å²) in [5.74, 6) is 0.967. The van der Waals surface area contributed by atoms with Gasteiger partial charge >= 0.3 is 89.3 Å². The minimum atomic E-state index is -0.360. The summed E-state index contributed by atoms with van der Waals surface area (Å²) < 4.78 is 0. The molecule has 2 heteroatoms. The Morgan fingerprint density at radius 1 is 1.25 bits per heavy atom. The first-order valence-corrected chi connectivity index (χ1v) is 8.50. The minimum absolute atomic E-state index is 0.360. The molecule has 0 N–H and O–H groups in total. The maximum atomic E-state index is 2.47. The van der Waals surface area contributed by atoms with Crippen LogP contribution in [0.3, 0.4) is 0 Å². The standard InChI is InChI=1S/C10H23Si.Li/c1-7-9(8-11(5)6)10(2,3)4;/h9,11H,1,7-8H2,2-6H3;/t9-;/m1./s1. The zero-order valence-corrected chi connectivity index (χ0v) is 10.9. The molecule has 0 fully saturated rings. The Bertz CT molecular complexity index is 115. The van der Waals surface area contributed by atoms with Crippen LogP contribution in [-0.4, -0.2) is 26.5 Å². The molecule has 0 rings (SSSR count). The normalized spacial score (nSPS) is 15.3. The van der Waals surface area contributed by atoms with E-state index in [-0.39, 0.29) is 8.80 Å². The molecule has 0 aromatic carbocycles. The van der Waals surface area contributed by atoms with Crippen LogP contribution in [0, 0.1) is 11.3 Å². The van der Waals surface area contributed by atoms with E-state index in [0.29, 0.717) is 5.41 Å². The van der Waals surface area contributed by atoms with Crippen LogP contribution in [-0.2, 0) is 0 Å². The van der Waals surface area contributed by atoms with Crippen LogP contribution in [0.2, 0.25) is 24.2 Å². The molecule has 0 aliphatic carbocycles. The van der Waals surface area contributed by atoms with Crippen LogP contribution in [0.4, 0.5) is 0 Å². The van der Waals surface area contributed by atoms with Crippen LogP contribution in [0.15, 0.2) is 0 Å². The van der Waals surface area contributed by atoms with E-state index < -0.39 is 0 Å². The molecule has 0 aliphatic heterocycles. The second-order valence-corrected chi connectivity index (χ2v) is 8.74. The first kappa shape index (κ1) is 12.8. The summed E-state index contributed by atoms with van der Waals surface area (Å²) in [7, 11) is -0.360. The van der Waals surface area contributed by atoms with Crippen molar-refractivity contribution in [3.8, 4) is 0 Å². The van der Waals surface area contributed by atoms with Gasteiger partial charge in [-0.2, -0.15) is 0 Å². The van der Waals surface area contributed by atoms with E-state index >= 15 is 0 Å². The Kier molecular flexibility index (Phi) is 5.90. The summed E-state index contributed by atoms with van der Waals surface area (Å²) in [6, 6.07) is 1.53. The Balaban J connectivity index is 4.04. The zero-order chi connectivity index (χ0) is 9.78. The summed E-state index contributed by atoms with van der Waals surface area (Å²) in [5.41, 5.74) is 0.535. The van der Waals surface area contributed by atoms with Gasteiger partial charge in [0, 0.05) is 0 Å². The predicted molar refractivity (Wildman–Crippen MR) is 61.8 cm³/mol. The molecule has 0 bridgehead atoms. The molecular formula is C10H23LiSi. The van der Waals surface area contributed by atoms with Crippen molar-refractivity contribution >= 4 is 26.5 Å². The molecule has 12 heavy (non-hydrogen) atoms. The summed E-state index contributed by atoms with van der Waals surface area (Å²) >= 11 is 2.31. The molecule has 68 valence electrons. The summed E-state index contributed by atoms with van der Waals surface area (Å²) in [6.45, 7) is 12.1. The van der Waals surface area contributed by atoms with Gasteiger partial charge in [-0.15, -0.1) is 0 Å². The predicted octanol–water partition coefficient (Wildman–Crippen LogP) is 3.11. The van der Waals surface area contributed by atoms with Gasteiger partial charge in [0.1, 0.15) is 0 Å². The van der Waals surface area contributed by atoms with Crippen molar-refractivity contribution in [3.05, 3.63) is 0 Å². The van der Waals surface area contributed by atoms with Gasteiger partial charge in [0.05, 0.1) is 0 Å². The molecule has 0 aromatic rings. The molecule has 0 unspecified atom stereocenters. The molecule has 0 aromatic heterocycles. The van der Waals surface area contributed by atoms with E-state index in [9.17, 15) is 0 Å². The van der Waals surface area contributed by atoms with Gasteiger partial charge in [-0.05, 0) is 0 Å².